The van der Waals surface area contributed by atoms with E-state index in [1.54, 1.807) is 6.20 Å². The molecule has 0 saturated carbocycles. The standard InChI is InChI=1S/C20H17N5O2S/c1-13(26)22-15-6-4-7-18-14(15)8-10-25(18)11-19(27)24-20-23-17(12-28-20)16-5-2-3-9-21-16/h2-10,12H,11H2,1H3,(H,22,26)(H,23,24,27). The van der Waals surface area contributed by atoms with Crippen molar-refractivity contribution in [2.24, 2.45) is 0 Å². The van der Waals surface area contributed by atoms with E-state index < -0.39 is 0 Å². The molecule has 0 bridgehead atoms. The number of aromatic nitrogens is 3. The Morgan fingerprint density at radius 1 is 1.07 bits per heavy atom. The topological polar surface area (TPSA) is 88.9 Å². The van der Waals surface area contributed by atoms with Crippen molar-refractivity contribution < 1.29 is 9.59 Å². The first-order valence-electron chi connectivity index (χ1n) is 8.62. The van der Waals surface area contributed by atoms with E-state index in [1.165, 1.54) is 18.3 Å². The molecular formula is C20H17N5O2S. The molecule has 7 nitrogen and oxygen atoms in total. The minimum absolute atomic E-state index is 0.134. The summed E-state index contributed by atoms with van der Waals surface area (Å²) in [7, 11) is 0. The second-order valence-corrected chi connectivity index (χ2v) is 7.02. The number of fused-ring (bicyclic) bond motifs is 1. The summed E-state index contributed by atoms with van der Waals surface area (Å²) < 4.78 is 1.84. The quantitative estimate of drug-likeness (QED) is 0.542. The van der Waals surface area contributed by atoms with Crippen molar-refractivity contribution in [1.82, 2.24) is 14.5 Å². The minimum Gasteiger partial charge on any atom is -0.338 e. The summed E-state index contributed by atoms with van der Waals surface area (Å²) in [5.74, 6) is -0.310. The normalized spacial score (nSPS) is 10.8. The second kappa shape index (κ2) is 7.61. The van der Waals surface area contributed by atoms with Crippen molar-refractivity contribution >= 4 is 44.9 Å². The average Bonchev–Trinajstić information content (AvgIpc) is 3.30. The van der Waals surface area contributed by atoms with Gasteiger partial charge in [-0.3, -0.25) is 14.6 Å². The van der Waals surface area contributed by atoms with Crippen LogP contribution < -0.4 is 10.6 Å². The highest BCUT2D eigenvalue weighted by Crippen LogP contribution is 2.25. The van der Waals surface area contributed by atoms with Crippen LogP contribution >= 0.6 is 11.3 Å². The molecule has 4 rings (SSSR count). The van der Waals surface area contributed by atoms with Crippen LogP contribution in [0.1, 0.15) is 6.92 Å². The maximum Gasteiger partial charge on any atom is 0.246 e. The van der Waals surface area contributed by atoms with Crippen LogP contribution in [0.25, 0.3) is 22.3 Å². The van der Waals surface area contributed by atoms with E-state index in [-0.39, 0.29) is 18.4 Å². The number of anilines is 2. The fourth-order valence-corrected chi connectivity index (χ4v) is 3.66. The van der Waals surface area contributed by atoms with E-state index in [1.807, 2.05) is 58.6 Å². The summed E-state index contributed by atoms with van der Waals surface area (Å²) in [5.41, 5.74) is 3.09. The van der Waals surface area contributed by atoms with Gasteiger partial charge in [0.05, 0.1) is 16.9 Å². The van der Waals surface area contributed by atoms with Gasteiger partial charge < -0.3 is 15.2 Å². The summed E-state index contributed by atoms with van der Waals surface area (Å²) in [5, 5.41) is 8.92. The summed E-state index contributed by atoms with van der Waals surface area (Å²) in [6, 6.07) is 13.1. The molecule has 2 N–H and O–H groups in total. The van der Waals surface area contributed by atoms with Crippen LogP contribution in [-0.4, -0.2) is 26.3 Å². The van der Waals surface area contributed by atoms with Crippen molar-refractivity contribution in [2.75, 3.05) is 10.6 Å². The Labute approximate surface area is 165 Å². The van der Waals surface area contributed by atoms with Crippen LogP contribution in [0.5, 0.6) is 0 Å². The zero-order valence-corrected chi connectivity index (χ0v) is 15.9. The van der Waals surface area contributed by atoms with Crippen molar-refractivity contribution in [3.05, 3.63) is 60.2 Å². The third kappa shape index (κ3) is 3.77. The highest BCUT2D eigenvalue weighted by atomic mass is 32.1. The molecule has 8 heteroatoms. The van der Waals surface area contributed by atoms with Gasteiger partial charge in [0.2, 0.25) is 11.8 Å². The minimum atomic E-state index is -0.177. The molecular weight excluding hydrogens is 374 g/mol. The molecule has 0 aliphatic heterocycles. The van der Waals surface area contributed by atoms with E-state index in [9.17, 15) is 9.59 Å². The number of nitrogens with one attached hydrogen (secondary N) is 2. The lowest BCUT2D eigenvalue weighted by molar-refractivity contribution is -0.116. The molecule has 0 fully saturated rings. The molecule has 0 saturated heterocycles. The van der Waals surface area contributed by atoms with Crippen LogP contribution in [0.2, 0.25) is 0 Å². The maximum absolute atomic E-state index is 12.5. The molecule has 0 atom stereocenters. The molecule has 3 aromatic heterocycles. The first kappa shape index (κ1) is 17.9. The molecule has 1 aromatic carbocycles. The first-order chi connectivity index (χ1) is 13.6. The largest absolute Gasteiger partial charge is 0.338 e. The number of hydrogen-bond acceptors (Lipinski definition) is 5. The van der Waals surface area contributed by atoms with Crippen LogP contribution in [0, 0.1) is 0 Å². The Morgan fingerprint density at radius 2 is 1.96 bits per heavy atom. The summed E-state index contributed by atoms with van der Waals surface area (Å²) in [4.78, 5) is 32.5. The van der Waals surface area contributed by atoms with Crippen molar-refractivity contribution in [3.63, 3.8) is 0 Å². The average molecular weight is 391 g/mol. The number of rotatable bonds is 5. The van der Waals surface area contributed by atoms with Gasteiger partial charge in [0.25, 0.3) is 0 Å². The maximum atomic E-state index is 12.5. The molecule has 0 radical (unpaired) electrons. The SMILES string of the molecule is CC(=O)Nc1cccc2c1ccn2CC(=O)Nc1nc(-c2ccccn2)cs1. The molecule has 0 aliphatic rings. The summed E-state index contributed by atoms with van der Waals surface area (Å²) in [6.45, 7) is 1.61. The smallest absolute Gasteiger partial charge is 0.246 e. The fraction of sp³-hybridized carbons (Fsp3) is 0.100. The van der Waals surface area contributed by atoms with E-state index in [0.717, 1.165) is 28.0 Å². The number of carbonyl (C=O) groups excluding carboxylic acids is 2. The van der Waals surface area contributed by atoms with Crippen molar-refractivity contribution in [2.45, 2.75) is 13.5 Å². The molecule has 3 heterocycles. The number of nitrogens with zero attached hydrogens (tertiary/aromatic N) is 3. The molecule has 0 spiro atoms. The second-order valence-electron chi connectivity index (χ2n) is 6.16. The van der Waals surface area contributed by atoms with E-state index in [4.69, 9.17) is 0 Å². The van der Waals surface area contributed by atoms with E-state index >= 15 is 0 Å². The predicted molar refractivity (Wildman–Crippen MR) is 110 cm³/mol. The molecule has 4 aromatic rings. The number of hydrogen-bond donors (Lipinski definition) is 2. The fourth-order valence-electron chi connectivity index (χ4n) is 2.94. The third-order valence-corrected chi connectivity index (χ3v) is 4.87. The third-order valence-electron chi connectivity index (χ3n) is 4.12. The van der Waals surface area contributed by atoms with Gasteiger partial charge in [0.15, 0.2) is 5.13 Å². The van der Waals surface area contributed by atoms with Crippen molar-refractivity contribution in [3.8, 4) is 11.4 Å². The van der Waals surface area contributed by atoms with Gasteiger partial charge in [-0.25, -0.2) is 4.98 Å². The van der Waals surface area contributed by atoms with Gasteiger partial charge in [-0.1, -0.05) is 12.1 Å². The zero-order chi connectivity index (χ0) is 19.5. The van der Waals surface area contributed by atoms with E-state index in [2.05, 4.69) is 20.6 Å². The lowest BCUT2D eigenvalue weighted by Gasteiger charge is -2.07. The molecule has 0 unspecified atom stereocenters. The predicted octanol–water partition coefficient (Wildman–Crippen LogP) is 3.76. The number of thiazole rings is 1. The van der Waals surface area contributed by atoms with Gasteiger partial charge in [0, 0.05) is 30.1 Å². The lowest BCUT2D eigenvalue weighted by atomic mass is 10.2. The highest BCUT2D eigenvalue weighted by Gasteiger charge is 2.12. The molecule has 2 amide bonds. The van der Waals surface area contributed by atoms with Gasteiger partial charge in [-0.05, 0) is 30.3 Å². The van der Waals surface area contributed by atoms with Crippen LogP contribution in [-0.2, 0) is 16.1 Å². The number of carbonyl (C=O) groups is 2. The molecule has 140 valence electrons. The van der Waals surface area contributed by atoms with Gasteiger partial charge in [-0.15, -0.1) is 11.3 Å². The van der Waals surface area contributed by atoms with Crippen LogP contribution in [0.3, 0.4) is 0 Å². The summed E-state index contributed by atoms with van der Waals surface area (Å²) in [6.07, 6.45) is 3.54. The highest BCUT2D eigenvalue weighted by molar-refractivity contribution is 7.14. The Kier molecular flexibility index (Phi) is 4.86. The number of amides is 2. The molecule has 28 heavy (non-hydrogen) atoms. The summed E-state index contributed by atoms with van der Waals surface area (Å²) >= 11 is 1.36. The Morgan fingerprint density at radius 3 is 2.75 bits per heavy atom. The van der Waals surface area contributed by atoms with Crippen molar-refractivity contribution in [1.29, 1.82) is 0 Å². The van der Waals surface area contributed by atoms with Crippen LogP contribution in [0.4, 0.5) is 10.8 Å². The van der Waals surface area contributed by atoms with Gasteiger partial charge in [0.1, 0.15) is 12.2 Å². The first-order valence-corrected chi connectivity index (χ1v) is 9.50. The van der Waals surface area contributed by atoms with Gasteiger partial charge >= 0.3 is 0 Å². The van der Waals surface area contributed by atoms with E-state index in [0.29, 0.717) is 5.13 Å². The number of pyridine rings is 1. The Bertz CT molecular complexity index is 1150. The Balaban J connectivity index is 1.49. The zero-order valence-electron chi connectivity index (χ0n) is 15.0. The van der Waals surface area contributed by atoms with Crippen LogP contribution in [0.15, 0.2) is 60.2 Å². The monoisotopic (exact) mass is 391 g/mol. The molecule has 0 aliphatic carbocycles. The lowest BCUT2D eigenvalue weighted by Crippen LogP contribution is -2.18. The van der Waals surface area contributed by atoms with Gasteiger partial charge in [-0.2, -0.15) is 0 Å². The Hall–Kier alpha value is -3.52. The number of benzene rings is 1.